The number of rotatable bonds is 3. The summed E-state index contributed by atoms with van der Waals surface area (Å²) in [6, 6.07) is 1.93. The van der Waals surface area contributed by atoms with E-state index >= 15 is 0 Å². The van der Waals surface area contributed by atoms with Gasteiger partial charge in [-0.3, -0.25) is 14.6 Å². The van der Waals surface area contributed by atoms with Crippen LogP contribution < -0.4 is 0 Å². The molecule has 0 atom stereocenters. The SMILES string of the molecule is CCCc1cc(C(=O)N2CCC3(CC2)OCCc2cn[nH]c23)n(C)n1. The van der Waals surface area contributed by atoms with Crippen LogP contribution in [0.4, 0.5) is 0 Å². The van der Waals surface area contributed by atoms with Gasteiger partial charge in [0.15, 0.2) is 0 Å². The summed E-state index contributed by atoms with van der Waals surface area (Å²) in [5, 5.41) is 11.8. The third-order valence-corrected chi connectivity index (χ3v) is 5.44. The third kappa shape index (κ3) is 2.76. The molecule has 134 valence electrons. The number of nitrogens with one attached hydrogen (secondary N) is 1. The lowest BCUT2D eigenvalue weighted by Gasteiger charge is -2.43. The van der Waals surface area contributed by atoms with Gasteiger partial charge in [-0.1, -0.05) is 13.3 Å². The van der Waals surface area contributed by atoms with Crippen LogP contribution in [0.25, 0.3) is 0 Å². The fourth-order valence-corrected chi connectivity index (χ4v) is 4.06. The van der Waals surface area contributed by atoms with Crippen LogP contribution in [0.5, 0.6) is 0 Å². The number of hydrogen-bond acceptors (Lipinski definition) is 4. The molecule has 0 unspecified atom stereocenters. The normalized spacial score (nSPS) is 19.2. The molecule has 0 aromatic carbocycles. The first-order chi connectivity index (χ1) is 12.1. The van der Waals surface area contributed by atoms with E-state index < -0.39 is 0 Å². The van der Waals surface area contributed by atoms with E-state index in [4.69, 9.17) is 4.74 Å². The van der Waals surface area contributed by atoms with Crippen LogP contribution in [0, 0.1) is 0 Å². The van der Waals surface area contributed by atoms with E-state index in [1.807, 2.05) is 24.2 Å². The lowest BCUT2D eigenvalue weighted by atomic mass is 9.83. The van der Waals surface area contributed by atoms with Gasteiger partial charge in [-0.25, -0.2) is 0 Å². The van der Waals surface area contributed by atoms with Gasteiger partial charge in [0.05, 0.1) is 24.2 Å². The Morgan fingerprint density at radius 1 is 1.40 bits per heavy atom. The van der Waals surface area contributed by atoms with Crippen molar-refractivity contribution in [3.05, 3.63) is 34.9 Å². The van der Waals surface area contributed by atoms with Gasteiger partial charge in [0, 0.05) is 20.1 Å². The van der Waals surface area contributed by atoms with Crippen LogP contribution >= 0.6 is 0 Å². The molecule has 25 heavy (non-hydrogen) atoms. The Bertz CT molecular complexity index is 770. The monoisotopic (exact) mass is 343 g/mol. The summed E-state index contributed by atoms with van der Waals surface area (Å²) in [7, 11) is 1.85. The van der Waals surface area contributed by atoms with Gasteiger partial charge in [-0.2, -0.15) is 10.2 Å². The summed E-state index contributed by atoms with van der Waals surface area (Å²) in [4.78, 5) is 14.8. The number of ether oxygens (including phenoxy) is 1. The Hall–Kier alpha value is -2.15. The Labute approximate surface area is 147 Å². The highest BCUT2D eigenvalue weighted by Gasteiger charge is 2.43. The lowest BCUT2D eigenvalue weighted by Crippen LogP contribution is -2.48. The highest BCUT2D eigenvalue weighted by atomic mass is 16.5. The first-order valence-electron chi connectivity index (χ1n) is 9.12. The number of aryl methyl sites for hydroxylation is 2. The summed E-state index contributed by atoms with van der Waals surface area (Å²) >= 11 is 0. The van der Waals surface area contributed by atoms with Crippen molar-refractivity contribution in [3.8, 4) is 0 Å². The van der Waals surface area contributed by atoms with Crippen LogP contribution in [0.15, 0.2) is 12.3 Å². The van der Waals surface area contributed by atoms with Crippen molar-refractivity contribution in [1.82, 2.24) is 24.9 Å². The minimum atomic E-state index is -0.305. The highest BCUT2D eigenvalue weighted by molar-refractivity contribution is 5.92. The average Bonchev–Trinajstić information content (AvgIpc) is 3.23. The zero-order valence-corrected chi connectivity index (χ0v) is 14.9. The van der Waals surface area contributed by atoms with Gasteiger partial charge in [-0.15, -0.1) is 0 Å². The minimum absolute atomic E-state index is 0.0628. The Morgan fingerprint density at radius 3 is 2.96 bits per heavy atom. The molecule has 2 aliphatic heterocycles. The zero-order valence-electron chi connectivity index (χ0n) is 14.9. The number of likely N-dealkylation sites (tertiary alicyclic amines) is 1. The molecule has 0 aliphatic carbocycles. The zero-order chi connectivity index (χ0) is 17.4. The fourth-order valence-electron chi connectivity index (χ4n) is 4.06. The molecule has 1 N–H and O–H groups in total. The van der Waals surface area contributed by atoms with Crippen molar-refractivity contribution < 1.29 is 9.53 Å². The molecule has 1 saturated heterocycles. The molecule has 2 aromatic heterocycles. The molecule has 1 fully saturated rings. The molecular formula is C18H25N5O2. The number of aromatic nitrogens is 4. The maximum absolute atomic E-state index is 12.9. The maximum Gasteiger partial charge on any atom is 0.272 e. The number of carbonyl (C=O) groups is 1. The van der Waals surface area contributed by atoms with Crippen LogP contribution in [0.2, 0.25) is 0 Å². The summed E-state index contributed by atoms with van der Waals surface area (Å²) in [5.74, 6) is 0.0628. The number of aromatic amines is 1. The summed E-state index contributed by atoms with van der Waals surface area (Å²) in [5.41, 5.74) is 3.71. The van der Waals surface area contributed by atoms with Crippen molar-refractivity contribution in [1.29, 1.82) is 0 Å². The molecule has 0 radical (unpaired) electrons. The predicted octanol–water partition coefficient (Wildman–Crippen LogP) is 1.80. The van der Waals surface area contributed by atoms with E-state index in [1.54, 1.807) is 4.68 Å². The molecule has 1 amide bonds. The number of carbonyl (C=O) groups excluding carboxylic acids is 1. The van der Waals surface area contributed by atoms with E-state index in [9.17, 15) is 4.79 Å². The standard InChI is InChI=1S/C18H25N5O2/c1-3-4-14-11-15(22(2)21-14)17(24)23-8-6-18(7-9-23)16-13(5-10-25-18)12-19-20-16/h11-12H,3-10H2,1-2H3,(H,19,20). The van der Waals surface area contributed by atoms with Gasteiger partial charge in [0.25, 0.3) is 5.91 Å². The van der Waals surface area contributed by atoms with Crippen LogP contribution in [0.3, 0.4) is 0 Å². The minimum Gasteiger partial charge on any atom is -0.368 e. The second-order valence-electron chi connectivity index (χ2n) is 7.05. The predicted molar refractivity (Wildman–Crippen MR) is 92.3 cm³/mol. The number of nitrogens with zero attached hydrogens (tertiary/aromatic N) is 4. The van der Waals surface area contributed by atoms with Crippen LogP contribution in [-0.2, 0) is 30.2 Å². The summed E-state index contributed by atoms with van der Waals surface area (Å²) in [6.45, 7) is 4.22. The molecule has 0 bridgehead atoms. The van der Waals surface area contributed by atoms with E-state index in [0.29, 0.717) is 18.8 Å². The second kappa shape index (κ2) is 6.29. The third-order valence-electron chi connectivity index (χ3n) is 5.44. The largest absolute Gasteiger partial charge is 0.368 e. The molecule has 2 aromatic rings. The molecular weight excluding hydrogens is 318 g/mol. The smallest absolute Gasteiger partial charge is 0.272 e. The van der Waals surface area contributed by atoms with Gasteiger partial charge in [0.2, 0.25) is 0 Å². The molecule has 4 heterocycles. The molecule has 7 nitrogen and oxygen atoms in total. The van der Waals surface area contributed by atoms with Crippen LogP contribution in [0.1, 0.15) is 53.6 Å². The molecule has 1 spiro atoms. The summed E-state index contributed by atoms with van der Waals surface area (Å²) in [6.07, 6.45) is 6.34. The first kappa shape index (κ1) is 16.3. The quantitative estimate of drug-likeness (QED) is 0.922. The van der Waals surface area contributed by atoms with Crippen molar-refractivity contribution >= 4 is 5.91 Å². The van der Waals surface area contributed by atoms with E-state index in [2.05, 4.69) is 22.2 Å². The van der Waals surface area contributed by atoms with Crippen molar-refractivity contribution in [2.24, 2.45) is 7.05 Å². The van der Waals surface area contributed by atoms with Gasteiger partial charge in [-0.05, 0) is 37.3 Å². The Kier molecular flexibility index (Phi) is 4.11. The second-order valence-corrected chi connectivity index (χ2v) is 7.05. The molecule has 4 rings (SSSR count). The lowest BCUT2D eigenvalue weighted by molar-refractivity contribution is -0.0962. The number of amides is 1. The highest BCUT2D eigenvalue weighted by Crippen LogP contribution is 2.40. The first-order valence-corrected chi connectivity index (χ1v) is 9.12. The number of hydrogen-bond donors (Lipinski definition) is 1. The number of piperidine rings is 1. The van der Waals surface area contributed by atoms with E-state index in [1.165, 1.54) is 5.56 Å². The van der Waals surface area contributed by atoms with Crippen molar-refractivity contribution in [3.63, 3.8) is 0 Å². The Balaban J connectivity index is 1.48. The van der Waals surface area contributed by atoms with Gasteiger partial charge >= 0.3 is 0 Å². The van der Waals surface area contributed by atoms with Gasteiger partial charge in [0.1, 0.15) is 11.3 Å². The maximum atomic E-state index is 12.9. The Morgan fingerprint density at radius 2 is 2.20 bits per heavy atom. The van der Waals surface area contributed by atoms with Crippen molar-refractivity contribution in [2.45, 2.75) is 44.6 Å². The van der Waals surface area contributed by atoms with Crippen LogP contribution in [-0.4, -0.2) is 50.5 Å². The van der Waals surface area contributed by atoms with E-state index in [-0.39, 0.29) is 11.5 Å². The van der Waals surface area contributed by atoms with E-state index in [0.717, 1.165) is 50.1 Å². The molecule has 0 saturated carbocycles. The number of H-pyrrole nitrogens is 1. The molecule has 2 aliphatic rings. The number of fused-ring (bicyclic) bond motifs is 2. The summed E-state index contributed by atoms with van der Waals surface area (Å²) < 4.78 is 7.87. The fraction of sp³-hybridized carbons (Fsp3) is 0.611. The topological polar surface area (TPSA) is 76.0 Å². The van der Waals surface area contributed by atoms with Crippen molar-refractivity contribution in [2.75, 3.05) is 19.7 Å². The average molecular weight is 343 g/mol. The van der Waals surface area contributed by atoms with Gasteiger partial charge < -0.3 is 9.64 Å². The molecule has 7 heteroatoms.